The minimum Gasteiger partial charge on any atom is -0.616 e. The summed E-state index contributed by atoms with van der Waals surface area (Å²) >= 11 is 0. The zero-order chi connectivity index (χ0) is 8.97. The highest BCUT2D eigenvalue weighted by atomic mass is 16.5. The molecule has 0 spiro atoms. The van der Waals surface area contributed by atoms with Crippen molar-refractivity contribution in [3.8, 4) is 5.88 Å². The third kappa shape index (κ3) is 1.72. The predicted molar refractivity (Wildman–Crippen MR) is 41.7 cm³/mol. The van der Waals surface area contributed by atoms with Crippen LogP contribution in [0.4, 0.5) is 0 Å². The molecule has 0 saturated carbocycles. The number of hydrogen-bond donors (Lipinski definition) is 0. The Bertz CT molecular complexity index is 286. The molecular weight excluding hydrogens is 158 g/mol. The number of carbonyl (C=O) groups is 1. The maximum absolute atomic E-state index is 11.0. The Kier molecular flexibility index (Phi) is 2.63. The molecule has 0 fully saturated rings. The van der Waals surface area contributed by atoms with Crippen molar-refractivity contribution in [1.82, 2.24) is 0 Å². The monoisotopic (exact) mass is 167 g/mol. The summed E-state index contributed by atoms with van der Waals surface area (Å²) in [5, 5.41) is 11.0. The summed E-state index contributed by atoms with van der Waals surface area (Å²) in [6.07, 6.45) is 2.33. The number of methoxy groups -OCH3 is 1. The number of carbonyl (C=O) groups excluding carboxylic acids is 1. The van der Waals surface area contributed by atoms with Gasteiger partial charge >= 0.3 is 5.88 Å². The molecule has 12 heavy (non-hydrogen) atoms. The zero-order valence-electron chi connectivity index (χ0n) is 6.69. The lowest BCUT2D eigenvalue weighted by Gasteiger charge is -2.02. The van der Waals surface area contributed by atoms with Crippen molar-refractivity contribution in [2.75, 3.05) is 7.11 Å². The van der Waals surface area contributed by atoms with Gasteiger partial charge in [-0.15, -0.1) is 4.73 Å². The van der Waals surface area contributed by atoms with Gasteiger partial charge in [0.2, 0.25) is 0 Å². The fourth-order valence-electron chi connectivity index (χ4n) is 0.884. The first kappa shape index (κ1) is 8.52. The zero-order valence-corrected chi connectivity index (χ0v) is 6.69. The molecule has 0 aliphatic heterocycles. The van der Waals surface area contributed by atoms with Crippen LogP contribution in [0.5, 0.6) is 5.88 Å². The molecule has 0 N–H and O–H groups in total. The number of rotatable bonds is 3. The van der Waals surface area contributed by atoms with E-state index in [4.69, 9.17) is 4.74 Å². The van der Waals surface area contributed by atoms with Gasteiger partial charge in [0.1, 0.15) is 6.29 Å². The van der Waals surface area contributed by atoms with E-state index in [1.165, 1.54) is 19.4 Å². The minimum absolute atomic E-state index is 0.227. The van der Waals surface area contributed by atoms with Crippen LogP contribution >= 0.6 is 0 Å². The number of pyridine rings is 1. The van der Waals surface area contributed by atoms with Crippen molar-refractivity contribution < 1.29 is 14.3 Å². The molecular formula is C8H9NO3. The van der Waals surface area contributed by atoms with Gasteiger partial charge in [-0.05, 0) is 6.07 Å². The molecule has 0 aromatic carbocycles. The first-order valence-corrected chi connectivity index (χ1v) is 3.47. The van der Waals surface area contributed by atoms with Gasteiger partial charge in [-0.25, -0.2) is 0 Å². The Balaban J connectivity index is 2.93. The maximum Gasteiger partial charge on any atom is 0.379 e. The summed E-state index contributed by atoms with van der Waals surface area (Å²) in [5.74, 6) is 0.227. The predicted octanol–water partition coefficient (Wildman–Crippen LogP) is 0.0700. The van der Waals surface area contributed by atoms with Gasteiger partial charge in [0.15, 0.2) is 6.20 Å². The molecule has 0 unspecified atom stereocenters. The first-order chi connectivity index (χ1) is 5.77. The first-order valence-electron chi connectivity index (χ1n) is 3.47. The SMILES string of the molecule is COc1ccc(CC=O)c[n+]1[O-]. The number of ether oxygens (including phenoxy) is 1. The van der Waals surface area contributed by atoms with Crippen LogP contribution in [0.15, 0.2) is 18.3 Å². The Morgan fingerprint density at radius 2 is 2.42 bits per heavy atom. The highest BCUT2D eigenvalue weighted by Crippen LogP contribution is 2.03. The molecule has 0 amide bonds. The van der Waals surface area contributed by atoms with Gasteiger partial charge in [0, 0.05) is 12.0 Å². The lowest BCUT2D eigenvalue weighted by molar-refractivity contribution is -0.612. The van der Waals surface area contributed by atoms with Crippen molar-refractivity contribution in [3.63, 3.8) is 0 Å². The van der Waals surface area contributed by atoms with Crippen LogP contribution < -0.4 is 9.47 Å². The summed E-state index contributed by atoms with van der Waals surface area (Å²) in [4.78, 5) is 10.1. The molecule has 64 valence electrons. The smallest absolute Gasteiger partial charge is 0.379 e. The van der Waals surface area contributed by atoms with Gasteiger partial charge in [0.25, 0.3) is 0 Å². The number of aldehydes is 1. The van der Waals surface area contributed by atoms with Crippen molar-refractivity contribution in [1.29, 1.82) is 0 Å². The van der Waals surface area contributed by atoms with E-state index in [2.05, 4.69) is 0 Å². The summed E-state index contributed by atoms with van der Waals surface area (Å²) < 4.78 is 5.34. The van der Waals surface area contributed by atoms with Crippen LogP contribution in [-0.4, -0.2) is 13.4 Å². The average Bonchev–Trinajstić information content (AvgIpc) is 2.05. The fraction of sp³-hybridized carbons (Fsp3) is 0.250. The number of hydrogen-bond acceptors (Lipinski definition) is 3. The van der Waals surface area contributed by atoms with Crippen molar-refractivity contribution >= 4 is 6.29 Å². The quantitative estimate of drug-likeness (QED) is 0.363. The topological polar surface area (TPSA) is 53.2 Å². The van der Waals surface area contributed by atoms with Crippen LogP contribution in [0, 0.1) is 5.21 Å². The van der Waals surface area contributed by atoms with Crippen molar-refractivity contribution in [2.45, 2.75) is 6.42 Å². The Labute approximate surface area is 70.0 Å². The van der Waals surface area contributed by atoms with E-state index in [0.717, 1.165) is 6.29 Å². The van der Waals surface area contributed by atoms with Gasteiger partial charge in [-0.3, -0.25) is 0 Å². The van der Waals surface area contributed by atoms with Crippen LogP contribution in [0.3, 0.4) is 0 Å². The fourth-order valence-corrected chi connectivity index (χ4v) is 0.884. The minimum atomic E-state index is 0.227. The van der Waals surface area contributed by atoms with Crippen LogP contribution in [0.2, 0.25) is 0 Å². The summed E-state index contributed by atoms with van der Waals surface area (Å²) in [6.45, 7) is 0. The molecule has 0 bridgehead atoms. The molecule has 0 aliphatic carbocycles. The second-order valence-corrected chi connectivity index (χ2v) is 2.28. The van der Waals surface area contributed by atoms with E-state index in [0.29, 0.717) is 10.3 Å². The third-order valence-corrected chi connectivity index (χ3v) is 1.47. The second kappa shape index (κ2) is 3.71. The van der Waals surface area contributed by atoms with Crippen LogP contribution in [0.25, 0.3) is 0 Å². The van der Waals surface area contributed by atoms with Gasteiger partial charge in [-0.1, -0.05) is 0 Å². The summed E-state index contributed by atoms with van der Waals surface area (Å²) in [6, 6.07) is 3.22. The van der Waals surface area contributed by atoms with Gasteiger partial charge < -0.3 is 14.7 Å². The molecule has 0 atom stereocenters. The van der Waals surface area contributed by atoms with Crippen molar-refractivity contribution in [2.24, 2.45) is 0 Å². The standard InChI is InChI=1S/C8H9NO3/c1-12-8-3-2-7(4-5-10)6-9(8)11/h2-3,5-6H,4H2,1H3. The molecule has 4 nitrogen and oxygen atoms in total. The maximum atomic E-state index is 11.0. The number of nitrogens with zero attached hydrogens (tertiary/aromatic N) is 1. The van der Waals surface area contributed by atoms with E-state index in [9.17, 15) is 10.0 Å². The molecule has 4 heteroatoms. The Hall–Kier alpha value is -1.58. The molecule has 1 heterocycles. The molecule has 1 aromatic rings. The molecule has 0 radical (unpaired) electrons. The van der Waals surface area contributed by atoms with E-state index in [1.807, 2.05) is 0 Å². The molecule has 1 rings (SSSR count). The van der Waals surface area contributed by atoms with E-state index >= 15 is 0 Å². The second-order valence-electron chi connectivity index (χ2n) is 2.28. The van der Waals surface area contributed by atoms with Crippen LogP contribution in [-0.2, 0) is 11.2 Å². The highest BCUT2D eigenvalue weighted by Gasteiger charge is 2.04. The molecule has 1 aromatic heterocycles. The summed E-state index contributed by atoms with van der Waals surface area (Å²) in [5.41, 5.74) is 0.681. The lowest BCUT2D eigenvalue weighted by Crippen LogP contribution is -2.28. The van der Waals surface area contributed by atoms with E-state index < -0.39 is 0 Å². The van der Waals surface area contributed by atoms with Crippen molar-refractivity contribution in [3.05, 3.63) is 29.1 Å². The van der Waals surface area contributed by atoms with Gasteiger partial charge in [-0.2, -0.15) is 0 Å². The largest absolute Gasteiger partial charge is 0.616 e. The Morgan fingerprint density at radius 1 is 1.67 bits per heavy atom. The van der Waals surface area contributed by atoms with E-state index in [-0.39, 0.29) is 12.3 Å². The Morgan fingerprint density at radius 3 is 2.92 bits per heavy atom. The molecule has 0 aliphatic rings. The third-order valence-electron chi connectivity index (χ3n) is 1.47. The lowest BCUT2D eigenvalue weighted by atomic mass is 10.2. The molecule has 0 saturated heterocycles. The highest BCUT2D eigenvalue weighted by molar-refractivity contribution is 5.54. The summed E-state index contributed by atoms with van der Waals surface area (Å²) in [7, 11) is 1.42. The van der Waals surface area contributed by atoms with Crippen LogP contribution in [0.1, 0.15) is 5.56 Å². The van der Waals surface area contributed by atoms with E-state index in [1.54, 1.807) is 6.07 Å². The van der Waals surface area contributed by atoms with Gasteiger partial charge in [0.05, 0.1) is 13.2 Å². The average molecular weight is 167 g/mol. The normalized spacial score (nSPS) is 9.42. The number of aromatic nitrogens is 1.